The van der Waals surface area contributed by atoms with E-state index in [4.69, 9.17) is 15.6 Å². The van der Waals surface area contributed by atoms with Gasteiger partial charge in [0.05, 0.1) is 5.92 Å². The highest BCUT2D eigenvalue weighted by Gasteiger charge is 2.40. The molecule has 5 N–H and O–H groups in total. The number of hydrogen-bond donors (Lipinski definition) is 4. The fourth-order valence-corrected chi connectivity index (χ4v) is 4.83. The molecule has 3 atom stereocenters. The fraction of sp³-hybridized carbons (Fsp3) is 0.333. The van der Waals surface area contributed by atoms with Crippen molar-refractivity contribution in [3.63, 3.8) is 0 Å². The molecular weight excluding hydrogens is 445 g/mol. The lowest BCUT2D eigenvalue weighted by Crippen LogP contribution is -2.32. The summed E-state index contributed by atoms with van der Waals surface area (Å²) in [6.07, 6.45) is -1.97. The monoisotopic (exact) mass is 468 g/mol. The van der Waals surface area contributed by atoms with E-state index in [-0.39, 0.29) is 17.7 Å². The van der Waals surface area contributed by atoms with Crippen LogP contribution in [0.2, 0.25) is 0 Å². The molecule has 0 aliphatic rings. The van der Waals surface area contributed by atoms with Crippen LogP contribution in [0.1, 0.15) is 24.3 Å². The number of nitrogens with one attached hydrogen (secondary N) is 2. The number of halogens is 3. The van der Waals surface area contributed by atoms with Crippen molar-refractivity contribution in [2.45, 2.75) is 31.0 Å². The third-order valence-electron chi connectivity index (χ3n) is 5.25. The van der Waals surface area contributed by atoms with Crippen LogP contribution in [-0.2, 0) is 14.5 Å². The first-order chi connectivity index (χ1) is 15.0. The highest BCUT2D eigenvalue weighted by molar-refractivity contribution is 7.92. The van der Waals surface area contributed by atoms with E-state index in [1.807, 2.05) is 12.1 Å². The normalized spacial score (nSPS) is 15.9. The maximum absolute atomic E-state index is 13.7. The molecule has 0 saturated carbocycles. The zero-order chi connectivity index (χ0) is 23.5. The van der Waals surface area contributed by atoms with E-state index in [0.717, 1.165) is 10.9 Å². The van der Waals surface area contributed by atoms with Gasteiger partial charge >= 0.3 is 12.1 Å². The van der Waals surface area contributed by atoms with Crippen molar-refractivity contribution in [1.29, 1.82) is 4.78 Å². The van der Waals surface area contributed by atoms with Gasteiger partial charge < -0.3 is 15.8 Å². The van der Waals surface area contributed by atoms with Crippen LogP contribution in [0, 0.1) is 4.78 Å². The van der Waals surface area contributed by atoms with Crippen molar-refractivity contribution >= 4 is 26.7 Å². The molecule has 0 fully saturated rings. The van der Waals surface area contributed by atoms with E-state index in [9.17, 15) is 22.2 Å². The Bertz CT molecular complexity index is 1190. The average Bonchev–Trinajstić information content (AvgIpc) is 3.19. The first-order valence-corrected chi connectivity index (χ1v) is 11.7. The predicted octanol–water partition coefficient (Wildman–Crippen LogP) is 4.11. The quantitative estimate of drug-likeness (QED) is 0.375. The molecule has 2 heterocycles. The molecule has 2 unspecified atom stereocenters. The zero-order valence-electron chi connectivity index (χ0n) is 16.9. The molecule has 0 saturated heterocycles. The van der Waals surface area contributed by atoms with Crippen LogP contribution in [0.25, 0.3) is 22.2 Å². The lowest BCUT2D eigenvalue weighted by molar-refractivity contribution is -0.150. The largest absolute Gasteiger partial charge is 0.480 e. The number of carboxylic acids is 1. The molecule has 3 rings (SSSR count). The summed E-state index contributed by atoms with van der Waals surface area (Å²) in [6, 6.07) is 8.34. The van der Waals surface area contributed by atoms with Crippen LogP contribution in [0.5, 0.6) is 0 Å². The van der Waals surface area contributed by atoms with Gasteiger partial charge in [0.1, 0.15) is 11.7 Å². The van der Waals surface area contributed by atoms with Gasteiger partial charge in [-0.2, -0.15) is 13.2 Å². The molecule has 0 bridgehead atoms. The maximum atomic E-state index is 13.7. The van der Waals surface area contributed by atoms with Gasteiger partial charge in [-0.05, 0) is 36.1 Å². The number of nitrogens with zero attached hydrogens (tertiary/aromatic N) is 1. The summed E-state index contributed by atoms with van der Waals surface area (Å²) in [5.74, 6) is -4.06. The summed E-state index contributed by atoms with van der Waals surface area (Å²) in [7, 11) is -3.39. The summed E-state index contributed by atoms with van der Waals surface area (Å²) in [5, 5.41) is 9.65. The summed E-state index contributed by atoms with van der Waals surface area (Å²) in [6.45, 7) is 0. The van der Waals surface area contributed by atoms with Gasteiger partial charge in [-0.15, -0.1) is 0 Å². The Morgan fingerprint density at radius 2 is 1.81 bits per heavy atom. The van der Waals surface area contributed by atoms with Crippen LogP contribution < -0.4 is 5.73 Å². The first kappa shape index (κ1) is 23.7. The second-order valence-corrected chi connectivity index (χ2v) is 10.0. The number of nitrogens with two attached hydrogens (primary N) is 1. The lowest BCUT2D eigenvalue weighted by atomic mass is 9.94. The van der Waals surface area contributed by atoms with Crippen molar-refractivity contribution in [3.05, 3.63) is 54.4 Å². The summed E-state index contributed by atoms with van der Waals surface area (Å²) >= 11 is 0. The van der Waals surface area contributed by atoms with Crippen molar-refractivity contribution in [1.82, 2.24) is 9.97 Å². The van der Waals surface area contributed by atoms with Crippen molar-refractivity contribution in [2.75, 3.05) is 11.5 Å². The molecule has 32 heavy (non-hydrogen) atoms. The Morgan fingerprint density at radius 1 is 1.16 bits per heavy atom. The molecule has 7 nitrogen and oxygen atoms in total. The minimum Gasteiger partial charge on any atom is -0.480 e. The van der Waals surface area contributed by atoms with Gasteiger partial charge in [0.25, 0.3) is 0 Å². The molecule has 0 amide bonds. The molecule has 172 valence electrons. The number of rotatable bonds is 9. The van der Waals surface area contributed by atoms with E-state index in [1.54, 1.807) is 24.5 Å². The number of alkyl halides is 3. The molecule has 1 aromatic carbocycles. The number of aromatic nitrogens is 2. The van der Waals surface area contributed by atoms with Crippen molar-refractivity contribution in [2.24, 2.45) is 5.73 Å². The van der Waals surface area contributed by atoms with Crippen molar-refractivity contribution in [3.8, 4) is 11.1 Å². The van der Waals surface area contributed by atoms with Crippen LogP contribution in [0.15, 0.2) is 48.8 Å². The summed E-state index contributed by atoms with van der Waals surface area (Å²) < 4.78 is 61.3. The second-order valence-electron chi connectivity index (χ2n) is 7.60. The van der Waals surface area contributed by atoms with Gasteiger partial charge in [0.2, 0.25) is 0 Å². The molecule has 0 aliphatic heterocycles. The summed E-state index contributed by atoms with van der Waals surface area (Å²) in [5.41, 5.74) is 7.52. The Labute approximate surface area is 182 Å². The number of hydrogen-bond acceptors (Lipinski definition) is 5. The predicted molar refractivity (Wildman–Crippen MR) is 116 cm³/mol. The lowest BCUT2D eigenvalue weighted by Gasteiger charge is -2.22. The van der Waals surface area contributed by atoms with Crippen LogP contribution >= 0.6 is 0 Å². The Morgan fingerprint density at radius 3 is 2.44 bits per heavy atom. The van der Waals surface area contributed by atoms with E-state index in [1.165, 1.54) is 12.1 Å². The number of benzene rings is 1. The first-order valence-electron chi connectivity index (χ1n) is 9.79. The SMILES string of the molecule is N=S(=O)(CCC(c1ccc(-c2cnc3[nH]ccc3c2)cc1)C(F)(F)F)CC[C@H](N)C(=O)O. The molecule has 11 heteroatoms. The fourth-order valence-electron chi connectivity index (χ4n) is 3.38. The van der Waals surface area contributed by atoms with Crippen LogP contribution in [-0.4, -0.2) is 49.0 Å². The minimum atomic E-state index is -4.58. The molecule has 0 aliphatic carbocycles. The standard InChI is InChI=1S/C21H23F3N4O3S/c22-21(23,24)17(6-9-32(26,31)10-7-18(25)20(29)30)14-3-1-13(2-4-14)16-11-15-5-8-27-19(15)28-12-16/h1-5,8,11-12,17-18,26H,6-7,9-10,25H2,(H,27,28)(H,29,30)/t17?,18-,32?/m0/s1. The van der Waals surface area contributed by atoms with E-state index in [0.29, 0.717) is 11.2 Å². The van der Waals surface area contributed by atoms with Gasteiger partial charge in [0.15, 0.2) is 0 Å². The molecule has 3 aromatic rings. The highest BCUT2D eigenvalue weighted by atomic mass is 32.2. The van der Waals surface area contributed by atoms with Crippen LogP contribution in [0.3, 0.4) is 0 Å². The van der Waals surface area contributed by atoms with Gasteiger partial charge in [-0.3, -0.25) is 9.57 Å². The van der Waals surface area contributed by atoms with Gasteiger partial charge in [-0.1, -0.05) is 24.3 Å². The molecule has 2 aromatic heterocycles. The van der Waals surface area contributed by atoms with Crippen molar-refractivity contribution < 1.29 is 27.3 Å². The highest BCUT2D eigenvalue weighted by Crippen LogP contribution is 2.38. The Kier molecular flexibility index (Phi) is 6.89. The number of aromatic amines is 1. The number of pyridine rings is 1. The maximum Gasteiger partial charge on any atom is 0.395 e. The number of fused-ring (bicyclic) bond motifs is 1. The molecular formula is C21H23F3N4O3S. The Balaban J connectivity index is 1.74. The zero-order valence-corrected chi connectivity index (χ0v) is 17.7. The third kappa shape index (κ3) is 5.86. The molecule has 0 radical (unpaired) electrons. The van der Waals surface area contributed by atoms with E-state index >= 15 is 0 Å². The summed E-state index contributed by atoms with van der Waals surface area (Å²) in [4.78, 5) is 18.0. The average molecular weight is 469 g/mol. The number of carbonyl (C=O) groups is 1. The number of aliphatic carboxylic acids is 1. The third-order valence-corrected chi connectivity index (χ3v) is 7.04. The number of H-pyrrole nitrogens is 1. The minimum absolute atomic E-state index is 0.00868. The number of carboxylic acid groups (broad SMARTS) is 1. The van der Waals surface area contributed by atoms with E-state index < -0.39 is 46.0 Å². The topological polar surface area (TPSA) is 133 Å². The Hall–Kier alpha value is -2.92. The smallest absolute Gasteiger partial charge is 0.395 e. The van der Waals surface area contributed by atoms with Crippen LogP contribution in [0.4, 0.5) is 13.2 Å². The van der Waals surface area contributed by atoms with Gasteiger partial charge in [-0.25, -0.2) is 9.19 Å². The van der Waals surface area contributed by atoms with E-state index in [2.05, 4.69) is 9.97 Å². The van der Waals surface area contributed by atoms with Gasteiger partial charge in [0, 0.05) is 44.6 Å². The molecule has 0 spiro atoms. The second kappa shape index (κ2) is 9.29.